The van der Waals surface area contributed by atoms with Crippen LogP contribution in [0.15, 0.2) is 67.0 Å². The molecule has 2 aromatic heterocycles. The van der Waals surface area contributed by atoms with E-state index < -0.39 is 17.7 Å². The van der Waals surface area contributed by atoms with E-state index in [0.29, 0.717) is 48.0 Å². The van der Waals surface area contributed by atoms with E-state index in [0.717, 1.165) is 13.0 Å². The maximum absolute atomic E-state index is 14.0. The number of rotatable bonds is 5. The molecule has 2 N–H and O–H groups in total. The van der Waals surface area contributed by atoms with Gasteiger partial charge in [-0.15, -0.1) is 0 Å². The fourth-order valence-corrected chi connectivity index (χ4v) is 4.27. The molecule has 5 rings (SSSR count). The van der Waals surface area contributed by atoms with Gasteiger partial charge in [0.15, 0.2) is 0 Å². The maximum Gasteiger partial charge on any atom is 0.336 e. The van der Waals surface area contributed by atoms with Crippen molar-refractivity contribution < 1.29 is 19.1 Å². The molecule has 1 fully saturated rings. The number of amides is 1. The average Bonchev–Trinajstić information content (AvgIpc) is 3.15. The standard InChI is InChI=1S/C26H23FN6O3/c27-21-6-2-1-5-18(21)24(34)30-17-7-8-22-19(15-17)20(25(35)36)16-23(31-22)32-11-4-12-33(14-13-32)26-28-9-3-10-29-26/h1-3,5-10,15-16H,4,11-14H2,(H,30,34)(H,35,36). The molecule has 1 aliphatic rings. The van der Waals surface area contributed by atoms with E-state index in [9.17, 15) is 19.1 Å². The van der Waals surface area contributed by atoms with E-state index in [1.54, 1.807) is 48.8 Å². The zero-order chi connectivity index (χ0) is 25.1. The van der Waals surface area contributed by atoms with Crippen LogP contribution < -0.4 is 15.1 Å². The zero-order valence-corrected chi connectivity index (χ0v) is 19.3. The summed E-state index contributed by atoms with van der Waals surface area (Å²) >= 11 is 0. The molecule has 0 unspecified atom stereocenters. The highest BCUT2D eigenvalue weighted by molar-refractivity contribution is 6.08. The highest BCUT2D eigenvalue weighted by Crippen LogP contribution is 2.27. The van der Waals surface area contributed by atoms with Gasteiger partial charge in [0.1, 0.15) is 11.6 Å². The number of hydrogen-bond donors (Lipinski definition) is 2. The lowest BCUT2D eigenvalue weighted by atomic mass is 10.1. The van der Waals surface area contributed by atoms with E-state index in [2.05, 4.69) is 25.1 Å². The Morgan fingerprint density at radius 2 is 1.64 bits per heavy atom. The van der Waals surface area contributed by atoms with Crippen LogP contribution in [0.3, 0.4) is 0 Å². The SMILES string of the molecule is O=C(Nc1ccc2nc(N3CCCN(c4ncccn4)CC3)cc(C(=O)O)c2c1)c1ccccc1F. The summed E-state index contributed by atoms with van der Waals surface area (Å²) in [6.45, 7) is 2.79. The smallest absolute Gasteiger partial charge is 0.336 e. The van der Waals surface area contributed by atoms with E-state index >= 15 is 0 Å². The van der Waals surface area contributed by atoms with Crippen LogP contribution in [0.2, 0.25) is 0 Å². The summed E-state index contributed by atoms with van der Waals surface area (Å²) < 4.78 is 14.0. The molecule has 0 bridgehead atoms. The zero-order valence-electron chi connectivity index (χ0n) is 19.3. The van der Waals surface area contributed by atoms with Crippen molar-refractivity contribution in [3.8, 4) is 0 Å². The van der Waals surface area contributed by atoms with Gasteiger partial charge in [-0.1, -0.05) is 12.1 Å². The minimum absolute atomic E-state index is 0.0736. The Kier molecular flexibility index (Phi) is 6.40. The van der Waals surface area contributed by atoms with Gasteiger partial charge in [0.2, 0.25) is 5.95 Å². The number of carbonyl (C=O) groups excluding carboxylic acids is 1. The molecule has 3 heterocycles. The molecule has 1 aliphatic heterocycles. The Bertz CT molecular complexity index is 1430. The third-order valence-corrected chi connectivity index (χ3v) is 6.06. The molecule has 1 saturated heterocycles. The van der Waals surface area contributed by atoms with E-state index in [-0.39, 0.29) is 11.1 Å². The molecule has 36 heavy (non-hydrogen) atoms. The second kappa shape index (κ2) is 9.95. The molecule has 2 aromatic carbocycles. The van der Waals surface area contributed by atoms with Crippen LogP contribution in [0, 0.1) is 5.82 Å². The van der Waals surface area contributed by atoms with E-state index in [1.165, 1.54) is 18.2 Å². The van der Waals surface area contributed by atoms with Crippen LogP contribution in [-0.4, -0.2) is 58.1 Å². The summed E-state index contributed by atoms with van der Waals surface area (Å²) in [4.78, 5) is 42.2. The lowest BCUT2D eigenvalue weighted by molar-refractivity contribution is 0.0698. The predicted molar refractivity (Wildman–Crippen MR) is 134 cm³/mol. The van der Waals surface area contributed by atoms with Crippen molar-refractivity contribution in [2.45, 2.75) is 6.42 Å². The first-order valence-electron chi connectivity index (χ1n) is 11.5. The molecule has 0 spiro atoms. The first-order chi connectivity index (χ1) is 17.5. The topological polar surface area (TPSA) is 112 Å². The number of carbonyl (C=O) groups is 2. The van der Waals surface area contributed by atoms with Crippen molar-refractivity contribution in [3.63, 3.8) is 0 Å². The van der Waals surface area contributed by atoms with Crippen molar-refractivity contribution in [2.75, 3.05) is 41.3 Å². The number of carboxylic acid groups (broad SMARTS) is 1. The summed E-state index contributed by atoms with van der Waals surface area (Å²) in [6, 6.07) is 13.8. The first kappa shape index (κ1) is 23.2. The number of nitrogens with zero attached hydrogens (tertiary/aromatic N) is 5. The third kappa shape index (κ3) is 4.78. The largest absolute Gasteiger partial charge is 0.478 e. The molecular formula is C26H23FN6O3. The van der Waals surface area contributed by atoms with Crippen LogP contribution in [-0.2, 0) is 0 Å². The highest BCUT2D eigenvalue weighted by Gasteiger charge is 2.21. The number of benzene rings is 2. The average molecular weight is 487 g/mol. The molecule has 1 amide bonds. The Morgan fingerprint density at radius 3 is 2.42 bits per heavy atom. The van der Waals surface area contributed by atoms with E-state index in [1.807, 2.05) is 0 Å². The molecule has 182 valence electrons. The van der Waals surface area contributed by atoms with Crippen LogP contribution in [0.25, 0.3) is 10.9 Å². The van der Waals surface area contributed by atoms with Crippen molar-refractivity contribution in [1.29, 1.82) is 0 Å². The molecule has 0 radical (unpaired) electrons. The van der Waals surface area contributed by atoms with Gasteiger partial charge >= 0.3 is 5.97 Å². The lowest BCUT2D eigenvalue weighted by Gasteiger charge is -2.23. The van der Waals surface area contributed by atoms with Gasteiger partial charge in [-0.3, -0.25) is 4.79 Å². The number of aromatic carboxylic acids is 1. The Balaban J connectivity index is 1.41. The Hall–Kier alpha value is -4.60. The maximum atomic E-state index is 14.0. The summed E-state index contributed by atoms with van der Waals surface area (Å²) in [7, 11) is 0. The number of hydrogen-bond acceptors (Lipinski definition) is 7. The van der Waals surface area contributed by atoms with Crippen LogP contribution in [0.5, 0.6) is 0 Å². The minimum Gasteiger partial charge on any atom is -0.478 e. The Labute approximate surface area is 206 Å². The van der Waals surface area contributed by atoms with Gasteiger partial charge in [-0.05, 0) is 48.9 Å². The molecule has 0 atom stereocenters. The fourth-order valence-electron chi connectivity index (χ4n) is 4.27. The highest BCUT2D eigenvalue weighted by atomic mass is 19.1. The number of carboxylic acids is 1. The molecule has 9 nitrogen and oxygen atoms in total. The second-order valence-electron chi connectivity index (χ2n) is 8.38. The number of pyridine rings is 1. The number of halogens is 1. The third-order valence-electron chi connectivity index (χ3n) is 6.06. The normalized spacial score (nSPS) is 13.9. The van der Waals surface area contributed by atoms with E-state index in [4.69, 9.17) is 4.98 Å². The predicted octanol–water partition coefficient (Wildman–Crippen LogP) is 3.83. The van der Waals surface area contributed by atoms with Crippen molar-refractivity contribution >= 4 is 40.2 Å². The van der Waals surface area contributed by atoms with Gasteiger partial charge in [-0.25, -0.2) is 24.1 Å². The summed E-state index contributed by atoms with van der Waals surface area (Å²) in [5.74, 6) is -1.12. The van der Waals surface area contributed by atoms with Crippen molar-refractivity contribution in [1.82, 2.24) is 15.0 Å². The van der Waals surface area contributed by atoms with Gasteiger partial charge in [0, 0.05) is 49.6 Å². The first-order valence-corrected chi connectivity index (χ1v) is 11.5. The molecule has 10 heteroatoms. The van der Waals surface area contributed by atoms with Gasteiger partial charge in [0.05, 0.1) is 16.6 Å². The number of anilines is 3. The number of aromatic nitrogens is 3. The fraction of sp³-hybridized carbons (Fsp3) is 0.192. The van der Waals surface area contributed by atoms with Crippen molar-refractivity contribution in [2.24, 2.45) is 0 Å². The monoisotopic (exact) mass is 486 g/mol. The van der Waals surface area contributed by atoms with Gasteiger partial charge in [0.25, 0.3) is 5.91 Å². The summed E-state index contributed by atoms with van der Waals surface area (Å²) in [6.07, 6.45) is 4.26. The van der Waals surface area contributed by atoms with Crippen LogP contribution in [0.1, 0.15) is 27.1 Å². The minimum atomic E-state index is -1.10. The quantitative estimate of drug-likeness (QED) is 0.438. The molecular weight excluding hydrogens is 463 g/mol. The molecule has 0 aliphatic carbocycles. The van der Waals surface area contributed by atoms with Crippen LogP contribution >= 0.6 is 0 Å². The van der Waals surface area contributed by atoms with Gasteiger partial charge in [-0.2, -0.15) is 0 Å². The number of fused-ring (bicyclic) bond motifs is 1. The lowest BCUT2D eigenvalue weighted by Crippen LogP contribution is -2.32. The second-order valence-corrected chi connectivity index (χ2v) is 8.38. The molecule has 0 saturated carbocycles. The van der Waals surface area contributed by atoms with Gasteiger partial charge < -0.3 is 20.2 Å². The number of nitrogens with one attached hydrogen (secondary N) is 1. The van der Waals surface area contributed by atoms with Crippen LogP contribution in [0.4, 0.5) is 21.8 Å². The molecule has 4 aromatic rings. The summed E-state index contributed by atoms with van der Waals surface area (Å²) in [5, 5.41) is 12.9. The summed E-state index contributed by atoms with van der Waals surface area (Å²) in [5.41, 5.74) is 0.812. The van der Waals surface area contributed by atoms with Crippen molar-refractivity contribution in [3.05, 3.63) is 83.9 Å². The Morgan fingerprint density at radius 1 is 0.889 bits per heavy atom.